The number of carbonyl (C=O) groups excluding carboxylic acids is 1. The van der Waals surface area contributed by atoms with Crippen LogP contribution in [-0.4, -0.2) is 27.0 Å². The van der Waals surface area contributed by atoms with E-state index >= 15 is 0 Å². The highest BCUT2D eigenvalue weighted by Gasteiger charge is 2.16. The maximum atomic E-state index is 12.4. The van der Waals surface area contributed by atoms with E-state index in [1.807, 2.05) is 26.0 Å². The number of hydrogen-bond acceptors (Lipinski definition) is 4. The number of hydrogen-bond donors (Lipinski definition) is 2. The van der Waals surface area contributed by atoms with E-state index in [-0.39, 0.29) is 11.8 Å². The zero-order valence-electron chi connectivity index (χ0n) is 14.0. The summed E-state index contributed by atoms with van der Waals surface area (Å²) in [6.45, 7) is 5.61. The molecule has 0 bridgehead atoms. The first-order valence-electron chi connectivity index (χ1n) is 7.81. The van der Waals surface area contributed by atoms with Crippen molar-refractivity contribution < 1.29 is 14.7 Å². The van der Waals surface area contributed by atoms with E-state index in [9.17, 15) is 9.59 Å². The summed E-state index contributed by atoms with van der Waals surface area (Å²) in [7, 11) is 0. The fourth-order valence-electron chi connectivity index (χ4n) is 2.34. The average molecular weight is 327 g/mol. The number of carbonyl (C=O) groups is 2. The molecule has 1 heterocycles. The van der Waals surface area contributed by atoms with Crippen LogP contribution in [0.3, 0.4) is 0 Å². The van der Waals surface area contributed by atoms with Crippen LogP contribution in [0.5, 0.6) is 0 Å². The van der Waals surface area contributed by atoms with Gasteiger partial charge in [0.1, 0.15) is 6.33 Å². The minimum Gasteiger partial charge on any atom is -0.481 e. The highest BCUT2D eigenvalue weighted by atomic mass is 16.4. The Balaban J connectivity index is 2.09. The molecule has 24 heavy (non-hydrogen) atoms. The lowest BCUT2D eigenvalue weighted by Gasteiger charge is -2.11. The van der Waals surface area contributed by atoms with Crippen LogP contribution in [0.25, 0.3) is 0 Å². The molecule has 1 atom stereocenters. The number of carboxylic acids is 1. The van der Waals surface area contributed by atoms with Gasteiger partial charge >= 0.3 is 5.97 Å². The molecule has 6 heteroatoms. The third-order valence-corrected chi connectivity index (χ3v) is 3.71. The molecule has 0 aliphatic rings. The smallest absolute Gasteiger partial charge is 0.306 e. The van der Waals surface area contributed by atoms with Gasteiger partial charge in [0.2, 0.25) is 0 Å². The number of carboxylic acid groups (broad SMARTS) is 1. The first-order chi connectivity index (χ1) is 11.4. The highest BCUT2D eigenvalue weighted by molar-refractivity contribution is 6.04. The van der Waals surface area contributed by atoms with E-state index in [1.54, 1.807) is 19.1 Å². The average Bonchev–Trinajstić information content (AvgIpc) is 2.56. The van der Waals surface area contributed by atoms with Gasteiger partial charge in [-0.2, -0.15) is 0 Å². The predicted molar refractivity (Wildman–Crippen MR) is 91.0 cm³/mol. The van der Waals surface area contributed by atoms with Crippen molar-refractivity contribution in [3.05, 3.63) is 53.6 Å². The third-order valence-electron chi connectivity index (χ3n) is 3.71. The molecule has 1 unspecified atom stereocenters. The molecule has 0 aliphatic heterocycles. The highest BCUT2D eigenvalue weighted by Crippen LogP contribution is 2.18. The van der Waals surface area contributed by atoms with Crippen LogP contribution in [-0.2, 0) is 11.2 Å². The quantitative estimate of drug-likeness (QED) is 0.850. The van der Waals surface area contributed by atoms with E-state index in [0.717, 1.165) is 5.56 Å². The van der Waals surface area contributed by atoms with Crippen LogP contribution in [0.2, 0.25) is 0 Å². The molecular formula is C18H21N3O3. The molecule has 2 N–H and O–H groups in total. The van der Waals surface area contributed by atoms with Crippen molar-refractivity contribution in [1.82, 2.24) is 9.97 Å². The Kier molecular flexibility index (Phi) is 5.63. The van der Waals surface area contributed by atoms with Crippen molar-refractivity contribution in [3.8, 4) is 0 Å². The number of nitrogens with zero attached hydrogens (tertiary/aromatic N) is 2. The van der Waals surface area contributed by atoms with E-state index in [4.69, 9.17) is 5.11 Å². The fraction of sp³-hybridized carbons (Fsp3) is 0.333. The molecule has 0 radical (unpaired) electrons. The molecule has 1 aromatic carbocycles. The van der Waals surface area contributed by atoms with Crippen LogP contribution in [0.4, 0.5) is 5.69 Å². The Bertz CT molecular complexity index is 727. The van der Waals surface area contributed by atoms with Gasteiger partial charge in [0, 0.05) is 11.9 Å². The van der Waals surface area contributed by atoms with Gasteiger partial charge in [-0.25, -0.2) is 9.97 Å². The molecular weight excluding hydrogens is 306 g/mol. The first kappa shape index (κ1) is 17.6. The summed E-state index contributed by atoms with van der Waals surface area (Å²) in [5, 5.41) is 11.8. The monoisotopic (exact) mass is 327 g/mol. The van der Waals surface area contributed by atoms with Crippen molar-refractivity contribution in [2.24, 2.45) is 5.92 Å². The van der Waals surface area contributed by atoms with Gasteiger partial charge in [-0.3, -0.25) is 9.59 Å². The minimum absolute atomic E-state index is 0.119. The van der Waals surface area contributed by atoms with E-state index in [2.05, 4.69) is 15.3 Å². The lowest BCUT2D eigenvalue weighted by Crippen LogP contribution is -2.16. The molecule has 0 spiro atoms. The summed E-state index contributed by atoms with van der Waals surface area (Å²) < 4.78 is 0. The maximum absolute atomic E-state index is 12.4. The molecule has 0 saturated carbocycles. The number of benzene rings is 1. The number of anilines is 1. The zero-order valence-corrected chi connectivity index (χ0v) is 14.0. The topological polar surface area (TPSA) is 92.2 Å². The number of rotatable bonds is 6. The van der Waals surface area contributed by atoms with Gasteiger partial charge in [-0.1, -0.05) is 32.9 Å². The first-order valence-corrected chi connectivity index (χ1v) is 7.81. The third kappa shape index (κ3) is 4.38. The molecule has 126 valence electrons. The largest absolute Gasteiger partial charge is 0.481 e. The van der Waals surface area contributed by atoms with Crippen molar-refractivity contribution in [2.45, 2.75) is 33.1 Å². The lowest BCUT2D eigenvalue weighted by atomic mass is 10.0. The molecule has 6 nitrogen and oxygen atoms in total. The zero-order chi connectivity index (χ0) is 17.7. The van der Waals surface area contributed by atoms with E-state index in [0.29, 0.717) is 23.4 Å². The van der Waals surface area contributed by atoms with Crippen molar-refractivity contribution >= 4 is 17.6 Å². The standard InChI is InChI=1S/C18H21N3O3/c1-11(2)16-15(9-19-10-20-16)17(22)21-14-6-4-13(5-7-14)8-12(3)18(23)24/h4-7,9-12H,8H2,1-3H3,(H,21,22)(H,23,24). The van der Waals surface area contributed by atoms with Crippen molar-refractivity contribution in [2.75, 3.05) is 5.32 Å². The van der Waals surface area contributed by atoms with E-state index < -0.39 is 11.9 Å². The van der Waals surface area contributed by atoms with Gasteiger partial charge in [0.05, 0.1) is 17.2 Å². The van der Waals surface area contributed by atoms with Gasteiger partial charge in [-0.05, 0) is 30.0 Å². The summed E-state index contributed by atoms with van der Waals surface area (Å²) in [5.74, 6) is -1.40. The maximum Gasteiger partial charge on any atom is 0.306 e. The number of nitrogens with one attached hydrogen (secondary N) is 1. The molecule has 2 aromatic rings. The van der Waals surface area contributed by atoms with Crippen LogP contribution >= 0.6 is 0 Å². The van der Waals surface area contributed by atoms with Gasteiger partial charge in [0.15, 0.2) is 0 Å². The van der Waals surface area contributed by atoms with Crippen molar-refractivity contribution in [3.63, 3.8) is 0 Å². The molecule has 2 rings (SSSR count). The predicted octanol–water partition coefficient (Wildman–Crippen LogP) is 3.12. The number of aromatic nitrogens is 2. The van der Waals surface area contributed by atoms with Gasteiger partial charge < -0.3 is 10.4 Å². The summed E-state index contributed by atoms with van der Waals surface area (Å²) in [6, 6.07) is 7.17. The number of amides is 1. The van der Waals surface area contributed by atoms with Crippen LogP contribution < -0.4 is 5.32 Å². The Morgan fingerprint density at radius 2 is 1.83 bits per heavy atom. The molecule has 1 amide bonds. The van der Waals surface area contributed by atoms with Crippen molar-refractivity contribution in [1.29, 1.82) is 0 Å². The summed E-state index contributed by atoms with van der Waals surface area (Å²) in [5.41, 5.74) is 2.71. The van der Waals surface area contributed by atoms with Gasteiger partial charge in [0.25, 0.3) is 5.91 Å². The second-order valence-corrected chi connectivity index (χ2v) is 6.07. The molecule has 0 aliphatic carbocycles. The van der Waals surface area contributed by atoms with Gasteiger partial charge in [-0.15, -0.1) is 0 Å². The molecule has 0 saturated heterocycles. The Morgan fingerprint density at radius 1 is 1.17 bits per heavy atom. The lowest BCUT2D eigenvalue weighted by molar-refractivity contribution is -0.141. The summed E-state index contributed by atoms with van der Waals surface area (Å²) >= 11 is 0. The second kappa shape index (κ2) is 7.68. The number of aliphatic carboxylic acids is 1. The minimum atomic E-state index is -0.822. The van der Waals surface area contributed by atoms with Crippen LogP contribution in [0, 0.1) is 5.92 Å². The summed E-state index contributed by atoms with van der Waals surface area (Å²) in [6.07, 6.45) is 3.40. The van der Waals surface area contributed by atoms with Crippen LogP contribution in [0.15, 0.2) is 36.8 Å². The van der Waals surface area contributed by atoms with Crippen LogP contribution in [0.1, 0.15) is 48.3 Å². The Hall–Kier alpha value is -2.76. The summed E-state index contributed by atoms with van der Waals surface area (Å²) in [4.78, 5) is 31.4. The normalized spacial score (nSPS) is 12.0. The molecule has 0 fully saturated rings. The van der Waals surface area contributed by atoms with E-state index in [1.165, 1.54) is 12.5 Å². The second-order valence-electron chi connectivity index (χ2n) is 6.07. The Labute approximate surface area is 141 Å². The SMILES string of the molecule is CC(Cc1ccc(NC(=O)c2cncnc2C(C)C)cc1)C(=O)O. The molecule has 1 aromatic heterocycles. The fourth-order valence-corrected chi connectivity index (χ4v) is 2.34. The Morgan fingerprint density at radius 3 is 2.42 bits per heavy atom.